The summed E-state index contributed by atoms with van der Waals surface area (Å²) in [7, 11) is 0. The molecule has 0 unspecified atom stereocenters. The Bertz CT molecular complexity index is 588. The molecule has 20 heavy (non-hydrogen) atoms. The predicted octanol–water partition coefficient (Wildman–Crippen LogP) is 2.06. The lowest BCUT2D eigenvalue weighted by Gasteiger charge is -2.08. The highest BCUT2D eigenvalue weighted by atomic mass is 16.5. The molecule has 1 atom stereocenters. The number of carbonyl (C=O) groups is 1. The van der Waals surface area contributed by atoms with E-state index in [1.807, 2.05) is 0 Å². The normalized spacial score (nSPS) is 12.7. The van der Waals surface area contributed by atoms with Crippen LogP contribution in [0, 0.1) is 12.8 Å². The molecule has 2 heterocycles. The first-order valence-electron chi connectivity index (χ1n) is 6.50. The summed E-state index contributed by atoms with van der Waals surface area (Å²) in [6.07, 6.45) is 1.98. The number of nitrogens with zero attached hydrogens (tertiary/aromatic N) is 3. The number of amides is 1. The first kappa shape index (κ1) is 14.2. The molecule has 0 fully saturated rings. The molecule has 1 N–H and O–H groups in total. The van der Waals surface area contributed by atoms with Crippen molar-refractivity contribution in [3.63, 3.8) is 0 Å². The molecule has 1 amide bonds. The molecule has 0 aliphatic carbocycles. The molecule has 0 bridgehead atoms. The molecule has 0 aromatic carbocycles. The van der Waals surface area contributed by atoms with Gasteiger partial charge in [-0.3, -0.25) is 4.79 Å². The minimum atomic E-state index is -0.382. The highest BCUT2D eigenvalue weighted by Gasteiger charge is 2.20. The van der Waals surface area contributed by atoms with Gasteiger partial charge in [-0.05, 0) is 19.8 Å². The summed E-state index contributed by atoms with van der Waals surface area (Å²) in [6.45, 7) is 7.61. The summed E-state index contributed by atoms with van der Waals surface area (Å²) in [4.78, 5) is 20.1. The average Bonchev–Trinajstić information content (AvgIpc) is 2.97. The fourth-order valence-corrected chi connectivity index (χ4v) is 1.74. The molecule has 7 nitrogen and oxygen atoms in total. The van der Waals surface area contributed by atoms with Gasteiger partial charge in [0.05, 0.1) is 0 Å². The van der Waals surface area contributed by atoms with Gasteiger partial charge in [0.1, 0.15) is 11.8 Å². The topological polar surface area (TPSA) is 94.1 Å². The van der Waals surface area contributed by atoms with Crippen molar-refractivity contribution in [3.05, 3.63) is 29.6 Å². The SMILES string of the molecule is Cc1ocnc1C(=O)N[C@@H](C)c1nc(CC(C)C)no1. The second kappa shape index (κ2) is 5.85. The fourth-order valence-electron chi connectivity index (χ4n) is 1.74. The van der Waals surface area contributed by atoms with Crippen LogP contribution in [0.2, 0.25) is 0 Å². The number of aryl methyl sites for hydroxylation is 1. The van der Waals surface area contributed by atoms with E-state index in [9.17, 15) is 4.79 Å². The number of nitrogens with one attached hydrogen (secondary N) is 1. The minimum absolute atomic E-state index is 0.263. The monoisotopic (exact) mass is 278 g/mol. The number of oxazole rings is 1. The van der Waals surface area contributed by atoms with E-state index in [4.69, 9.17) is 8.94 Å². The number of hydrogen-bond donors (Lipinski definition) is 1. The molecule has 2 rings (SSSR count). The molecule has 0 aliphatic rings. The number of carbonyl (C=O) groups excluding carboxylic acids is 1. The first-order valence-corrected chi connectivity index (χ1v) is 6.50. The largest absolute Gasteiger partial charge is 0.448 e. The minimum Gasteiger partial charge on any atom is -0.448 e. The quantitative estimate of drug-likeness (QED) is 0.899. The van der Waals surface area contributed by atoms with E-state index in [-0.39, 0.29) is 17.6 Å². The predicted molar refractivity (Wildman–Crippen MR) is 70.0 cm³/mol. The van der Waals surface area contributed by atoms with Crippen LogP contribution >= 0.6 is 0 Å². The lowest BCUT2D eigenvalue weighted by molar-refractivity contribution is 0.0926. The van der Waals surface area contributed by atoms with Crippen LogP contribution in [0.5, 0.6) is 0 Å². The van der Waals surface area contributed by atoms with Gasteiger partial charge in [-0.25, -0.2) is 4.98 Å². The summed E-state index contributed by atoms with van der Waals surface area (Å²) in [6, 6.07) is -0.382. The molecule has 0 saturated heterocycles. The van der Waals surface area contributed by atoms with Crippen LogP contribution in [0.1, 0.15) is 54.8 Å². The third-order valence-electron chi connectivity index (χ3n) is 2.75. The Hall–Kier alpha value is -2.18. The van der Waals surface area contributed by atoms with Crippen molar-refractivity contribution in [1.82, 2.24) is 20.4 Å². The van der Waals surface area contributed by atoms with E-state index in [2.05, 4.69) is 34.3 Å². The van der Waals surface area contributed by atoms with Crippen LogP contribution < -0.4 is 5.32 Å². The van der Waals surface area contributed by atoms with Gasteiger partial charge in [0.15, 0.2) is 17.9 Å². The molecule has 0 saturated carbocycles. The van der Waals surface area contributed by atoms with E-state index in [1.165, 1.54) is 6.39 Å². The van der Waals surface area contributed by atoms with Crippen LogP contribution in [-0.2, 0) is 6.42 Å². The third kappa shape index (κ3) is 3.23. The van der Waals surface area contributed by atoms with Crippen molar-refractivity contribution in [2.24, 2.45) is 5.92 Å². The Labute approximate surface area is 116 Å². The van der Waals surface area contributed by atoms with Crippen molar-refractivity contribution in [1.29, 1.82) is 0 Å². The maximum absolute atomic E-state index is 12.0. The summed E-state index contributed by atoms with van der Waals surface area (Å²) in [5, 5.41) is 6.64. The molecular formula is C13H18N4O3. The zero-order chi connectivity index (χ0) is 14.7. The summed E-state index contributed by atoms with van der Waals surface area (Å²) >= 11 is 0. The Morgan fingerprint density at radius 2 is 2.15 bits per heavy atom. The lowest BCUT2D eigenvalue weighted by Crippen LogP contribution is -2.27. The number of hydrogen-bond acceptors (Lipinski definition) is 6. The maximum atomic E-state index is 12.0. The second-order valence-corrected chi connectivity index (χ2v) is 5.10. The van der Waals surface area contributed by atoms with Crippen LogP contribution in [-0.4, -0.2) is 21.0 Å². The van der Waals surface area contributed by atoms with Crippen molar-refractivity contribution >= 4 is 5.91 Å². The van der Waals surface area contributed by atoms with Crippen LogP contribution in [0.4, 0.5) is 0 Å². The van der Waals surface area contributed by atoms with Gasteiger partial charge in [0, 0.05) is 6.42 Å². The highest BCUT2D eigenvalue weighted by molar-refractivity contribution is 5.93. The molecule has 0 spiro atoms. The molecule has 2 aromatic rings. The van der Waals surface area contributed by atoms with Gasteiger partial charge >= 0.3 is 0 Å². The fraction of sp³-hybridized carbons (Fsp3) is 0.538. The maximum Gasteiger partial charge on any atom is 0.274 e. The standard InChI is InChI=1S/C13H18N4O3/c1-7(2)5-10-16-13(20-17-10)8(3)15-12(18)11-9(4)19-6-14-11/h6-8H,5H2,1-4H3,(H,15,18)/t8-/m0/s1. The number of aromatic nitrogens is 3. The van der Waals surface area contributed by atoms with E-state index in [0.29, 0.717) is 23.4 Å². The van der Waals surface area contributed by atoms with Gasteiger partial charge in [0.2, 0.25) is 5.89 Å². The zero-order valence-electron chi connectivity index (χ0n) is 12.0. The van der Waals surface area contributed by atoms with Crippen molar-refractivity contribution < 1.29 is 13.7 Å². The molecule has 0 aliphatic heterocycles. The van der Waals surface area contributed by atoms with E-state index in [1.54, 1.807) is 13.8 Å². The van der Waals surface area contributed by atoms with E-state index >= 15 is 0 Å². The summed E-state index contributed by atoms with van der Waals surface area (Å²) < 4.78 is 10.2. The van der Waals surface area contributed by atoms with Crippen molar-refractivity contribution in [2.75, 3.05) is 0 Å². The Balaban J connectivity index is 2.01. The van der Waals surface area contributed by atoms with E-state index < -0.39 is 0 Å². The number of rotatable bonds is 5. The Morgan fingerprint density at radius 1 is 1.40 bits per heavy atom. The summed E-state index contributed by atoms with van der Waals surface area (Å²) in [5.74, 6) is 1.63. The smallest absolute Gasteiger partial charge is 0.274 e. The Kier molecular flexibility index (Phi) is 4.16. The van der Waals surface area contributed by atoms with Gasteiger partial charge in [-0.15, -0.1) is 0 Å². The van der Waals surface area contributed by atoms with Gasteiger partial charge < -0.3 is 14.3 Å². The second-order valence-electron chi connectivity index (χ2n) is 5.10. The van der Waals surface area contributed by atoms with Crippen LogP contribution in [0.25, 0.3) is 0 Å². The van der Waals surface area contributed by atoms with E-state index in [0.717, 1.165) is 6.42 Å². The third-order valence-corrected chi connectivity index (χ3v) is 2.75. The molecular weight excluding hydrogens is 260 g/mol. The zero-order valence-corrected chi connectivity index (χ0v) is 12.0. The Morgan fingerprint density at radius 3 is 2.75 bits per heavy atom. The lowest BCUT2D eigenvalue weighted by atomic mass is 10.1. The van der Waals surface area contributed by atoms with Crippen molar-refractivity contribution in [3.8, 4) is 0 Å². The first-order chi connectivity index (χ1) is 9.47. The van der Waals surface area contributed by atoms with Crippen LogP contribution in [0.3, 0.4) is 0 Å². The molecule has 7 heteroatoms. The van der Waals surface area contributed by atoms with Crippen molar-refractivity contribution in [2.45, 2.75) is 40.2 Å². The average molecular weight is 278 g/mol. The highest BCUT2D eigenvalue weighted by Crippen LogP contribution is 2.13. The van der Waals surface area contributed by atoms with Gasteiger partial charge in [-0.1, -0.05) is 19.0 Å². The van der Waals surface area contributed by atoms with Gasteiger partial charge in [-0.2, -0.15) is 4.98 Å². The molecule has 108 valence electrons. The van der Waals surface area contributed by atoms with Crippen LogP contribution in [0.15, 0.2) is 15.3 Å². The summed E-state index contributed by atoms with van der Waals surface area (Å²) in [5.41, 5.74) is 0.263. The molecule has 0 radical (unpaired) electrons. The molecule has 2 aromatic heterocycles. The van der Waals surface area contributed by atoms with Gasteiger partial charge in [0.25, 0.3) is 5.91 Å².